The summed E-state index contributed by atoms with van der Waals surface area (Å²) in [5, 5.41) is 0. The molecule has 15 heavy (non-hydrogen) atoms. The summed E-state index contributed by atoms with van der Waals surface area (Å²) in [5.41, 5.74) is 0.608. The fourth-order valence-electron chi connectivity index (χ4n) is 1.79. The van der Waals surface area contributed by atoms with E-state index >= 15 is 0 Å². The van der Waals surface area contributed by atoms with E-state index in [1.807, 2.05) is 20.8 Å². The van der Waals surface area contributed by atoms with E-state index in [1.54, 1.807) is 12.1 Å². The molecule has 0 aromatic heterocycles. The third kappa shape index (κ3) is 2.88. The van der Waals surface area contributed by atoms with Crippen LogP contribution < -0.4 is 0 Å². The van der Waals surface area contributed by atoms with Gasteiger partial charge in [-0.3, -0.25) is 4.79 Å². The van der Waals surface area contributed by atoms with Crippen molar-refractivity contribution in [2.45, 2.75) is 27.2 Å². The lowest BCUT2D eigenvalue weighted by Crippen LogP contribution is -2.19. The van der Waals surface area contributed by atoms with Crippen LogP contribution in [0.5, 0.6) is 0 Å². The lowest BCUT2D eigenvalue weighted by Gasteiger charge is -2.17. The van der Waals surface area contributed by atoms with Crippen LogP contribution in [-0.4, -0.2) is 5.78 Å². The smallest absolute Gasteiger partial charge is 0.166 e. The van der Waals surface area contributed by atoms with Gasteiger partial charge in [0.25, 0.3) is 0 Å². The monoisotopic (exact) mass is 208 g/mol. The summed E-state index contributed by atoms with van der Waals surface area (Å²) < 4.78 is 12.7. The van der Waals surface area contributed by atoms with E-state index < -0.39 is 0 Å². The maximum atomic E-state index is 12.7. The van der Waals surface area contributed by atoms with Crippen LogP contribution in [0.25, 0.3) is 0 Å². The Bertz CT molecular complexity index is 327. The largest absolute Gasteiger partial charge is 0.294 e. The van der Waals surface area contributed by atoms with Crippen LogP contribution in [0.3, 0.4) is 0 Å². The predicted molar refractivity (Wildman–Crippen MR) is 59.3 cm³/mol. The number of carbonyl (C=O) groups is 1. The molecule has 0 bridgehead atoms. The lowest BCUT2D eigenvalue weighted by molar-refractivity contribution is 0.0881. The predicted octanol–water partition coefficient (Wildman–Crippen LogP) is 3.69. The molecule has 0 saturated heterocycles. The quantitative estimate of drug-likeness (QED) is 0.690. The average Bonchev–Trinajstić information content (AvgIpc) is 2.19. The molecule has 0 N–H and O–H groups in total. The number of hydrogen-bond donors (Lipinski definition) is 0. The minimum Gasteiger partial charge on any atom is -0.294 e. The van der Waals surface area contributed by atoms with E-state index in [9.17, 15) is 9.18 Å². The molecule has 1 unspecified atom stereocenters. The first kappa shape index (κ1) is 11.9. The Labute approximate surface area is 90.3 Å². The zero-order valence-electron chi connectivity index (χ0n) is 9.46. The summed E-state index contributed by atoms with van der Waals surface area (Å²) in [6.45, 7) is 6.08. The summed E-state index contributed by atoms with van der Waals surface area (Å²) in [6, 6.07) is 5.78. The summed E-state index contributed by atoms with van der Waals surface area (Å²) in [5.74, 6) is 0.180. The molecule has 0 amide bonds. The van der Waals surface area contributed by atoms with Gasteiger partial charge in [0, 0.05) is 11.5 Å². The minimum atomic E-state index is -0.302. The van der Waals surface area contributed by atoms with Gasteiger partial charge in [-0.15, -0.1) is 0 Å². The molecular weight excluding hydrogens is 191 g/mol. The Hall–Kier alpha value is -1.18. The molecule has 0 radical (unpaired) electrons. The fraction of sp³-hybridized carbons (Fsp3) is 0.462. The zero-order chi connectivity index (χ0) is 11.4. The summed E-state index contributed by atoms with van der Waals surface area (Å²) in [4.78, 5) is 12.0. The van der Waals surface area contributed by atoms with Gasteiger partial charge in [0.05, 0.1) is 0 Å². The molecule has 0 fully saturated rings. The molecule has 2 heteroatoms. The van der Waals surface area contributed by atoms with Crippen molar-refractivity contribution in [3.63, 3.8) is 0 Å². The molecule has 1 nitrogen and oxygen atoms in total. The van der Waals surface area contributed by atoms with E-state index in [-0.39, 0.29) is 17.5 Å². The lowest BCUT2D eigenvalue weighted by atomic mass is 9.86. The maximum absolute atomic E-state index is 12.7. The van der Waals surface area contributed by atoms with Gasteiger partial charge in [0.1, 0.15) is 5.82 Å². The van der Waals surface area contributed by atoms with Gasteiger partial charge in [0.2, 0.25) is 0 Å². The SMILES string of the molecule is CCC(C(=O)c1ccc(F)cc1)C(C)C. The number of ketones is 1. The van der Waals surface area contributed by atoms with Crippen molar-refractivity contribution >= 4 is 5.78 Å². The molecular formula is C13H17FO. The van der Waals surface area contributed by atoms with Crippen molar-refractivity contribution in [1.82, 2.24) is 0 Å². The zero-order valence-corrected chi connectivity index (χ0v) is 9.46. The Morgan fingerprint density at radius 1 is 1.27 bits per heavy atom. The fourth-order valence-corrected chi connectivity index (χ4v) is 1.79. The van der Waals surface area contributed by atoms with Gasteiger partial charge in [-0.2, -0.15) is 0 Å². The molecule has 0 saturated carbocycles. The molecule has 1 aromatic carbocycles. The summed E-state index contributed by atoms with van der Waals surface area (Å²) >= 11 is 0. The van der Waals surface area contributed by atoms with Gasteiger partial charge in [-0.1, -0.05) is 20.8 Å². The highest BCUT2D eigenvalue weighted by atomic mass is 19.1. The third-order valence-corrected chi connectivity index (χ3v) is 2.71. The Morgan fingerprint density at radius 3 is 2.20 bits per heavy atom. The van der Waals surface area contributed by atoms with E-state index in [2.05, 4.69) is 0 Å². The first-order valence-corrected chi connectivity index (χ1v) is 5.36. The van der Waals surface area contributed by atoms with Crippen LogP contribution in [0, 0.1) is 17.7 Å². The van der Waals surface area contributed by atoms with Crippen LogP contribution in [-0.2, 0) is 0 Å². The van der Waals surface area contributed by atoms with Gasteiger partial charge >= 0.3 is 0 Å². The van der Waals surface area contributed by atoms with Gasteiger partial charge in [-0.25, -0.2) is 4.39 Å². The number of benzene rings is 1. The number of carbonyl (C=O) groups excluding carboxylic acids is 1. The Kier molecular flexibility index (Phi) is 4.01. The molecule has 82 valence electrons. The van der Waals surface area contributed by atoms with Crippen molar-refractivity contribution in [2.24, 2.45) is 11.8 Å². The first-order valence-electron chi connectivity index (χ1n) is 5.36. The number of hydrogen-bond acceptors (Lipinski definition) is 1. The highest BCUT2D eigenvalue weighted by Crippen LogP contribution is 2.20. The Balaban J connectivity index is 2.88. The standard InChI is InChI=1S/C13H17FO/c1-4-12(9(2)3)13(15)10-5-7-11(14)8-6-10/h5-9,12H,4H2,1-3H3. The van der Waals surface area contributed by atoms with Crippen LogP contribution in [0.1, 0.15) is 37.6 Å². The molecule has 0 aliphatic rings. The molecule has 0 aliphatic carbocycles. The summed E-state index contributed by atoms with van der Waals surface area (Å²) in [6.07, 6.45) is 0.827. The molecule has 0 spiro atoms. The van der Waals surface area contributed by atoms with Crippen LogP contribution >= 0.6 is 0 Å². The molecule has 0 heterocycles. The van der Waals surface area contributed by atoms with E-state index in [4.69, 9.17) is 0 Å². The molecule has 1 rings (SSSR count). The number of Topliss-reactive ketones (excluding diaryl/α,β-unsaturated/α-hetero) is 1. The maximum Gasteiger partial charge on any atom is 0.166 e. The van der Waals surface area contributed by atoms with Crippen molar-refractivity contribution in [3.05, 3.63) is 35.6 Å². The highest BCUT2D eigenvalue weighted by Gasteiger charge is 2.21. The third-order valence-electron chi connectivity index (χ3n) is 2.71. The van der Waals surface area contributed by atoms with Crippen LogP contribution in [0.15, 0.2) is 24.3 Å². The number of halogens is 1. The van der Waals surface area contributed by atoms with Crippen LogP contribution in [0.2, 0.25) is 0 Å². The second-order valence-electron chi connectivity index (χ2n) is 4.13. The van der Waals surface area contributed by atoms with E-state index in [0.717, 1.165) is 6.42 Å². The first-order chi connectivity index (χ1) is 7.06. The average molecular weight is 208 g/mol. The highest BCUT2D eigenvalue weighted by molar-refractivity contribution is 5.97. The topological polar surface area (TPSA) is 17.1 Å². The van der Waals surface area contributed by atoms with Crippen molar-refractivity contribution in [1.29, 1.82) is 0 Å². The van der Waals surface area contributed by atoms with Crippen LogP contribution in [0.4, 0.5) is 4.39 Å². The second-order valence-corrected chi connectivity index (χ2v) is 4.13. The van der Waals surface area contributed by atoms with Crippen molar-refractivity contribution < 1.29 is 9.18 Å². The minimum absolute atomic E-state index is 0.0375. The van der Waals surface area contributed by atoms with Gasteiger partial charge in [0.15, 0.2) is 5.78 Å². The van der Waals surface area contributed by atoms with E-state index in [1.165, 1.54) is 12.1 Å². The van der Waals surface area contributed by atoms with Gasteiger partial charge < -0.3 is 0 Å². The van der Waals surface area contributed by atoms with Crippen molar-refractivity contribution in [3.8, 4) is 0 Å². The molecule has 1 atom stereocenters. The number of rotatable bonds is 4. The van der Waals surface area contributed by atoms with E-state index in [0.29, 0.717) is 11.5 Å². The normalized spacial score (nSPS) is 12.9. The second kappa shape index (κ2) is 5.06. The van der Waals surface area contributed by atoms with Gasteiger partial charge in [-0.05, 0) is 36.6 Å². The molecule has 0 aliphatic heterocycles. The Morgan fingerprint density at radius 2 is 1.80 bits per heavy atom. The molecule has 1 aromatic rings. The summed E-state index contributed by atoms with van der Waals surface area (Å²) in [7, 11) is 0. The van der Waals surface area contributed by atoms with Crippen molar-refractivity contribution in [2.75, 3.05) is 0 Å².